The van der Waals surface area contributed by atoms with Gasteiger partial charge in [0, 0.05) is 24.5 Å². The van der Waals surface area contributed by atoms with Crippen LogP contribution in [0.3, 0.4) is 0 Å². The van der Waals surface area contributed by atoms with Gasteiger partial charge in [0.05, 0.1) is 11.5 Å². The molecule has 0 radical (unpaired) electrons. The van der Waals surface area contributed by atoms with Crippen LogP contribution in [-0.2, 0) is 5.41 Å². The Morgan fingerprint density at radius 3 is 2.65 bits per heavy atom. The van der Waals surface area contributed by atoms with Crippen molar-refractivity contribution in [2.45, 2.75) is 50.1 Å². The summed E-state index contributed by atoms with van der Waals surface area (Å²) >= 11 is 0. The molecule has 0 aliphatic carbocycles. The lowest BCUT2D eigenvalue weighted by atomic mass is 9.72. The minimum Gasteiger partial charge on any atom is -0.311 e. The average molecular weight is 227 g/mol. The van der Waals surface area contributed by atoms with Gasteiger partial charge in [0.1, 0.15) is 0 Å². The molecule has 1 aromatic heterocycles. The minimum atomic E-state index is -0.309. The van der Waals surface area contributed by atoms with Crippen LogP contribution in [0.1, 0.15) is 36.8 Å². The molecule has 2 aliphatic rings. The van der Waals surface area contributed by atoms with E-state index in [1.54, 1.807) is 0 Å². The summed E-state index contributed by atoms with van der Waals surface area (Å²) < 4.78 is 0. The molecular weight excluding hydrogens is 210 g/mol. The Balaban J connectivity index is 2.00. The number of nitrogens with zero attached hydrogens (tertiary/aromatic N) is 2. The lowest BCUT2D eigenvalue weighted by Crippen LogP contribution is -2.46. The first kappa shape index (κ1) is 10.7. The molecule has 1 aromatic rings. The number of fused-ring (bicyclic) bond motifs is 2. The van der Waals surface area contributed by atoms with Crippen molar-refractivity contribution in [3.05, 3.63) is 29.6 Å². The van der Waals surface area contributed by atoms with E-state index in [1.807, 2.05) is 19.3 Å². The van der Waals surface area contributed by atoms with Crippen molar-refractivity contribution in [3.8, 4) is 6.07 Å². The zero-order valence-electron chi connectivity index (χ0n) is 10.1. The molecule has 3 heterocycles. The second-order valence-corrected chi connectivity index (χ2v) is 5.49. The summed E-state index contributed by atoms with van der Waals surface area (Å²) in [5.41, 5.74) is 1.94. The summed E-state index contributed by atoms with van der Waals surface area (Å²) in [4.78, 5) is 4.25. The Morgan fingerprint density at radius 2 is 2.06 bits per heavy atom. The van der Waals surface area contributed by atoms with Gasteiger partial charge in [-0.1, -0.05) is 6.07 Å². The van der Waals surface area contributed by atoms with Crippen molar-refractivity contribution < 1.29 is 0 Å². The molecule has 2 aliphatic heterocycles. The molecule has 0 amide bonds. The normalized spacial score (nSPS) is 35.5. The van der Waals surface area contributed by atoms with Crippen LogP contribution in [0.5, 0.6) is 0 Å². The molecule has 0 aromatic carbocycles. The van der Waals surface area contributed by atoms with E-state index in [4.69, 9.17) is 0 Å². The van der Waals surface area contributed by atoms with Crippen LogP contribution in [0.2, 0.25) is 0 Å². The van der Waals surface area contributed by atoms with Crippen molar-refractivity contribution in [3.63, 3.8) is 0 Å². The highest BCUT2D eigenvalue weighted by Gasteiger charge is 2.45. The van der Waals surface area contributed by atoms with Gasteiger partial charge in [-0.25, -0.2) is 0 Å². The fourth-order valence-corrected chi connectivity index (χ4v) is 3.36. The molecule has 3 nitrogen and oxygen atoms in total. The maximum absolute atomic E-state index is 9.64. The first-order valence-corrected chi connectivity index (χ1v) is 6.31. The fraction of sp³-hybridized carbons (Fsp3) is 0.571. The van der Waals surface area contributed by atoms with Gasteiger partial charge in [-0.3, -0.25) is 4.98 Å². The third-order valence-corrected chi connectivity index (χ3v) is 4.17. The summed E-state index contributed by atoms with van der Waals surface area (Å²) in [5, 5.41) is 13.2. The van der Waals surface area contributed by atoms with Crippen LogP contribution < -0.4 is 5.32 Å². The second kappa shape index (κ2) is 3.82. The van der Waals surface area contributed by atoms with Crippen LogP contribution in [0, 0.1) is 18.3 Å². The van der Waals surface area contributed by atoms with E-state index < -0.39 is 0 Å². The molecule has 17 heavy (non-hydrogen) atoms. The Hall–Kier alpha value is -1.40. The number of hydrogen-bond acceptors (Lipinski definition) is 3. The first-order chi connectivity index (χ1) is 8.22. The predicted molar refractivity (Wildman–Crippen MR) is 65.4 cm³/mol. The minimum absolute atomic E-state index is 0.309. The van der Waals surface area contributed by atoms with Crippen molar-refractivity contribution >= 4 is 0 Å². The molecular formula is C14H17N3. The summed E-state index contributed by atoms with van der Waals surface area (Å²) in [6, 6.07) is 5.75. The molecule has 2 fully saturated rings. The van der Waals surface area contributed by atoms with Crippen molar-refractivity contribution in [1.29, 1.82) is 5.26 Å². The largest absolute Gasteiger partial charge is 0.311 e. The fourth-order valence-electron chi connectivity index (χ4n) is 3.36. The molecule has 2 bridgehead atoms. The van der Waals surface area contributed by atoms with Crippen molar-refractivity contribution in [2.75, 3.05) is 0 Å². The molecule has 2 atom stereocenters. The Bertz CT molecular complexity index is 463. The van der Waals surface area contributed by atoms with E-state index >= 15 is 0 Å². The standard InChI is InChI=1S/C14H17N3/c1-10-4-11(8-16-7-10)14(9-15)5-12-2-3-13(6-14)17-12/h4,7-8,12-13,17H,2-3,5-6H2,1H3. The molecule has 0 spiro atoms. The third-order valence-electron chi connectivity index (χ3n) is 4.17. The molecule has 1 N–H and O–H groups in total. The van der Waals surface area contributed by atoms with E-state index in [2.05, 4.69) is 22.4 Å². The number of hydrogen-bond donors (Lipinski definition) is 1. The maximum Gasteiger partial charge on any atom is 0.0866 e. The summed E-state index contributed by atoms with van der Waals surface area (Å²) in [6.07, 6.45) is 8.03. The second-order valence-electron chi connectivity index (χ2n) is 5.49. The van der Waals surface area contributed by atoms with Gasteiger partial charge in [0.15, 0.2) is 0 Å². The van der Waals surface area contributed by atoms with Gasteiger partial charge in [0.2, 0.25) is 0 Å². The molecule has 2 unspecified atom stereocenters. The van der Waals surface area contributed by atoms with E-state index in [-0.39, 0.29) is 5.41 Å². The highest BCUT2D eigenvalue weighted by Crippen LogP contribution is 2.42. The van der Waals surface area contributed by atoms with Gasteiger partial charge >= 0.3 is 0 Å². The van der Waals surface area contributed by atoms with Crippen LogP contribution in [0.4, 0.5) is 0 Å². The predicted octanol–water partition coefficient (Wildman–Crippen LogP) is 2.07. The van der Waals surface area contributed by atoms with Crippen LogP contribution in [0.25, 0.3) is 0 Å². The van der Waals surface area contributed by atoms with Crippen molar-refractivity contribution in [2.24, 2.45) is 0 Å². The molecule has 0 saturated carbocycles. The number of pyridine rings is 1. The molecule has 2 saturated heterocycles. The summed E-state index contributed by atoms with van der Waals surface area (Å²) in [7, 11) is 0. The summed E-state index contributed by atoms with van der Waals surface area (Å²) in [5.74, 6) is 0. The number of aryl methyl sites for hydroxylation is 1. The Morgan fingerprint density at radius 1 is 1.35 bits per heavy atom. The van der Waals surface area contributed by atoms with E-state index in [1.165, 1.54) is 12.8 Å². The van der Waals surface area contributed by atoms with Crippen LogP contribution in [-0.4, -0.2) is 17.1 Å². The van der Waals surface area contributed by atoms with Gasteiger partial charge in [0.25, 0.3) is 0 Å². The maximum atomic E-state index is 9.64. The lowest BCUT2D eigenvalue weighted by molar-refractivity contribution is 0.304. The number of aromatic nitrogens is 1. The van der Waals surface area contributed by atoms with Gasteiger partial charge in [-0.05, 0) is 43.7 Å². The average Bonchev–Trinajstić information content (AvgIpc) is 2.69. The number of rotatable bonds is 1. The SMILES string of the molecule is Cc1cncc(C2(C#N)CC3CCC(C2)N3)c1. The highest BCUT2D eigenvalue weighted by atomic mass is 15.0. The lowest BCUT2D eigenvalue weighted by Gasteiger charge is -2.36. The zero-order chi connectivity index (χ0) is 11.9. The van der Waals surface area contributed by atoms with Gasteiger partial charge in [-0.2, -0.15) is 5.26 Å². The summed E-state index contributed by atoms with van der Waals surface area (Å²) in [6.45, 7) is 2.04. The monoisotopic (exact) mass is 227 g/mol. The van der Waals surface area contributed by atoms with Gasteiger partial charge in [-0.15, -0.1) is 0 Å². The highest BCUT2D eigenvalue weighted by molar-refractivity contribution is 5.35. The molecule has 3 heteroatoms. The van der Waals surface area contributed by atoms with E-state index in [9.17, 15) is 5.26 Å². The number of piperidine rings is 1. The quantitative estimate of drug-likeness (QED) is 0.799. The van der Waals surface area contributed by atoms with E-state index in [0.29, 0.717) is 12.1 Å². The topological polar surface area (TPSA) is 48.7 Å². The number of nitrogens with one attached hydrogen (secondary N) is 1. The Labute approximate surface area is 102 Å². The molecule has 3 rings (SSSR count). The van der Waals surface area contributed by atoms with E-state index in [0.717, 1.165) is 24.0 Å². The van der Waals surface area contributed by atoms with Crippen molar-refractivity contribution in [1.82, 2.24) is 10.3 Å². The Kier molecular flexibility index (Phi) is 2.41. The van der Waals surface area contributed by atoms with Crippen LogP contribution in [0.15, 0.2) is 18.5 Å². The smallest absolute Gasteiger partial charge is 0.0866 e. The zero-order valence-corrected chi connectivity index (χ0v) is 10.1. The first-order valence-electron chi connectivity index (χ1n) is 6.31. The molecule has 88 valence electrons. The van der Waals surface area contributed by atoms with Crippen LogP contribution >= 0.6 is 0 Å². The number of nitriles is 1. The third kappa shape index (κ3) is 1.73. The van der Waals surface area contributed by atoms with Gasteiger partial charge < -0.3 is 5.32 Å².